The van der Waals surface area contributed by atoms with E-state index in [9.17, 15) is 4.79 Å². The number of carbonyl (C=O) groups excluding carboxylic acids is 1. The molecule has 0 atom stereocenters. The van der Waals surface area contributed by atoms with E-state index in [4.69, 9.17) is 9.94 Å². The van der Waals surface area contributed by atoms with E-state index in [-0.39, 0.29) is 12.3 Å². The van der Waals surface area contributed by atoms with Crippen LogP contribution in [-0.2, 0) is 9.53 Å². The molecular formula is C13H12N2O3. The van der Waals surface area contributed by atoms with Crippen LogP contribution in [0.2, 0.25) is 0 Å². The summed E-state index contributed by atoms with van der Waals surface area (Å²) in [4.78, 5) is 15.9. The first kappa shape index (κ1) is 12.0. The highest BCUT2D eigenvalue weighted by atomic mass is 16.5. The van der Waals surface area contributed by atoms with Crippen molar-refractivity contribution in [1.82, 2.24) is 4.98 Å². The van der Waals surface area contributed by atoms with Crippen LogP contribution >= 0.6 is 0 Å². The van der Waals surface area contributed by atoms with Crippen molar-refractivity contribution in [3.8, 4) is 0 Å². The van der Waals surface area contributed by atoms with Crippen LogP contribution < -0.4 is 0 Å². The molecule has 18 heavy (non-hydrogen) atoms. The molecule has 0 unspecified atom stereocenters. The zero-order valence-corrected chi connectivity index (χ0v) is 9.83. The number of oxime groups is 1. The van der Waals surface area contributed by atoms with Crippen LogP contribution in [0.15, 0.2) is 41.7 Å². The highest BCUT2D eigenvalue weighted by molar-refractivity contribution is 6.45. The van der Waals surface area contributed by atoms with Crippen LogP contribution in [0.1, 0.15) is 12.5 Å². The number of fused-ring (bicyclic) bond motifs is 1. The molecule has 0 fully saturated rings. The van der Waals surface area contributed by atoms with Gasteiger partial charge in [0.25, 0.3) is 0 Å². The number of rotatable bonds is 3. The molecule has 0 amide bonds. The fourth-order valence-electron chi connectivity index (χ4n) is 1.70. The van der Waals surface area contributed by atoms with Crippen LogP contribution in [0.3, 0.4) is 0 Å². The summed E-state index contributed by atoms with van der Waals surface area (Å²) in [5.41, 5.74) is 0.913. The molecule has 0 aliphatic heterocycles. The van der Waals surface area contributed by atoms with E-state index in [0.29, 0.717) is 11.1 Å². The average Bonchev–Trinajstić information content (AvgIpc) is 2.40. The van der Waals surface area contributed by atoms with E-state index in [1.54, 1.807) is 31.3 Å². The van der Waals surface area contributed by atoms with E-state index in [2.05, 4.69) is 10.1 Å². The van der Waals surface area contributed by atoms with Gasteiger partial charge < -0.3 is 9.94 Å². The number of esters is 1. The molecule has 5 heteroatoms. The second-order valence-electron chi connectivity index (χ2n) is 3.55. The van der Waals surface area contributed by atoms with Crippen molar-refractivity contribution in [1.29, 1.82) is 0 Å². The van der Waals surface area contributed by atoms with Crippen LogP contribution in [0.5, 0.6) is 0 Å². The van der Waals surface area contributed by atoms with Crippen molar-refractivity contribution in [2.45, 2.75) is 6.92 Å². The first-order valence-corrected chi connectivity index (χ1v) is 5.51. The molecule has 0 saturated carbocycles. The lowest BCUT2D eigenvalue weighted by Crippen LogP contribution is -2.19. The summed E-state index contributed by atoms with van der Waals surface area (Å²) in [6, 6.07) is 8.97. The summed E-state index contributed by atoms with van der Waals surface area (Å²) in [5.74, 6) is -0.668. The number of ether oxygens (including phenoxy) is 1. The first-order chi connectivity index (χ1) is 8.77. The summed E-state index contributed by atoms with van der Waals surface area (Å²) in [6.45, 7) is 1.91. The Morgan fingerprint density at radius 3 is 2.89 bits per heavy atom. The minimum absolute atomic E-state index is 0.138. The standard InChI is InChI=1S/C13H12N2O3/c1-2-18-13(16)12(15-17)10-7-3-5-9-6-4-8-14-11(9)10/h3-8,17H,2H2,1H3. The molecular weight excluding hydrogens is 232 g/mol. The predicted octanol–water partition coefficient (Wildman–Crippen LogP) is 1.98. The van der Waals surface area contributed by atoms with Gasteiger partial charge in [0.15, 0.2) is 5.71 Å². The van der Waals surface area contributed by atoms with Crippen molar-refractivity contribution in [3.63, 3.8) is 0 Å². The van der Waals surface area contributed by atoms with Gasteiger partial charge in [-0.2, -0.15) is 0 Å². The smallest absolute Gasteiger partial charge is 0.361 e. The topological polar surface area (TPSA) is 71.8 Å². The van der Waals surface area contributed by atoms with E-state index >= 15 is 0 Å². The summed E-state index contributed by atoms with van der Waals surface area (Å²) >= 11 is 0. The van der Waals surface area contributed by atoms with Gasteiger partial charge in [-0.05, 0) is 13.0 Å². The molecule has 2 aromatic rings. The van der Waals surface area contributed by atoms with Gasteiger partial charge in [0.1, 0.15) is 0 Å². The normalized spacial score (nSPS) is 11.5. The summed E-state index contributed by atoms with van der Waals surface area (Å²) in [5, 5.41) is 12.9. The van der Waals surface area contributed by atoms with Crippen molar-refractivity contribution in [2.75, 3.05) is 6.61 Å². The number of nitrogens with zero attached hydrogens (tertiary/aromatic N) is 2. The maximum atomic E-state index is 11.7. The lowest BCUT2D eigenvalue weighted by molar-refractivity contribution is -0.135. The number of hydrogen-bond acceptors (Lipinski definition) is 5. The molecule has 1 N–H and O–H groups in total. The molecule has 1 aromatic heterocycles. The summed E-state index contributed by atoms with van der Waals surface area (Å²) in [7, 11) is 0. The Morgan fingerprint density at radius 2 is 2.17 bits per heavy atom. The van der Waals surface area contributed by atoms with E-state index < -0.39 is 5.97 Å². The third-order valence-corrected chi connectivity index (χ3v) is 2.46. The van der Waals surface area contributed by atoms with Crippen molar-refractivity contribution in [2.24, 2.45) is 5.16 Å². The van der Waals surface area contributed by atoms with Gasteiger partial charge in [-0.25, -0.2) is 4.79 Å². The maximum Gasteiger partial charge on any atom is 0.361 e. The average molecular weight is 244 g/mol. The number of hydrogen-bond donors (Lipinski definition) is 1. The number of pyridine rings is 1. The minimum atomic E-state index is -0.668. The lowest BCUT2D eigenvalue weighted by atomic mass is 10.1. The number of para-hydroxylation sites is 1. The van der Waals surface area contributed by atoms with E-state index in [1.165, 1.54) is 0 Å². The fourth-order valence-corrected chi connectivity index (χ4v) is 1.70. The summed E-state index contributed by atoms with van der Waals surface area (Å²) < 4.78 is 4.84. The summed E-state index contributed by atoms with van der Waals surface area (Å²) in [6.07, 6.45) is 1.62. The molecule has 0 aliphatic carbocycles. The van der Waals surface area contributed by atoms with E-state index in [0.717, 1.165) is 5.39 Å². The zero-order valence-electron chi connectivity index (χ0n) is 9.83. The fraction of sp³-hybridized carbons (Fsp3) is 0.154. The van der Waals surface area contributed by atoms with E-state index in [1.807, 2.05) is 12.1 Å². The van der Waals surface area contributed by atoms with Crippen molar-refractivity contribution >= 4 is 22.6 Å². The van der Waals surface area contributed by atoms with Crippen LogP contribution in [0.4, 0.5) is 0 Å². The van der Waals surface area contributed by atoms with Gasteiger partial charge >= 0.3 is 5.97 Å². The monoisotopic (exact) mass is 244 g/mol. The molecule has 92 valence electrons. The molecule has 1 heterocycles. The Bertz CT molecular complexity index is 603. The molecule has 5 nitrogen and oxygen atoms in total. The Labute approximate surface area is 104 Å². The molecule has 0 aliphatic rings. The van der Waals surface area contributed by atoms with Gasteiger partial charge in [0.2, 0.25) is 0 Å². The quantitative estimate of drug-likeness (QED) is 0.388. The van der Waals surface area contributed by atoms with Gasteiger partial charge in [-0.3, -0.25) is 4.98 Å². The molecule has 0 bridgehead atoms. The number of carbonyl (C=O) groups is 1. The second kappa shape index (κ2) is 5.27. The van der Waals surface area contributed by atoms with Gasteiger partial charge in [-0.15, -0.1) is 0 Å². The highest BCUT2D eigenvalue weighted by Crippen LogP contribution is 2.17. The van der Waals surface area contributed by atoms with Crippen molar-refractivity contribution < 1.29 is 14.7 Å². The highest BCUT2D eigenvalue weighted by Gasteiger charge is 2.18. The Kier molecular flexibility index (Phi) is 3.52. The minimum Gasteiger partial charge on any atom is -0.461 e. The Morgan fingerprint density at radius 1 is 1.39 bits per heavy atom. The molecule has 0 spiro atoms. The zero-order chi connectivity index (χ0) is 13.0. The predicted molar refractivity (Wildman–Crippen MR) is 66.7 cm³/mol. The molecule has 0 saturated heterocycles. The second-order valence-corrected chi connectivity index (χ2v) is 3.55. The Balaban J connectivity index is 2.56. The van der Waals surface area contributed by atoms with Crippen molar-refractivity contribution in [3.05, 3.63) is 42.1 Å². The molecule has 0 radical (unpaired) electrons. The van der Waals surface area contributed by atoms with Gasteiger partial charge in [0, 0.05) is 17.1 Å². The van der Waals surface area contributed by atoms with Gasteiger partial charge in [0.05, 0.1) is 12.1 Å². The lowest BCUT2D eigenvalue weighted by Gasteiger charge is -2.06. The van der Waals surface area contributed by atoms with Gasteiger partial charge in [-0.1, -0.05) is 29.4 Å². The molecule has 1 aromatic carbocycles. The largest absolute Gasteiger partial charge is 0.461 e. The Hall–Kier alpha value is -2.43. The maximum absolute atomic E-state index is 11.7. The van der Waals surface area contributed by atoms with Crippen LogP contribution in [0.25, 0.3) is 10.9 Å². The SMILES string of the molecule is CCOC(=O)C(=NO)c1cccc2cccnc12. The number of aromatic nitrogens is 1. The third kappa shape index (κ3) is 2.15. The number of benzene rings is 1. The molecule has 2 rings (SSSR count). The van der Waals surface area contributed by atoms with Crippen LogP contribution in [-0.4, -0.2) is 28.5 Å². The third-order valence-electron chi connectivity index (χ3n) is 2.46. The van der Waals surface area contributed by atoms with Crippen LogP contribution in [0, 0.1) is 0 Å². The first-order valence-electron chi connectivity index (χ1n) is 5.51.